The van der Waals surface area contributed by atoms with Gasteiger partial charge in [-0.15, -0.1) is 0 Å². The van der Waals surface area contributed by atoms with Crippen LogP contribution in [0.4, 0.5) is 0 Å². The molecule has 0 N–H and O–H groups in total. The van der Waals surface area contributed by atoms with Crippen molar-refractivity contribution in [2.75, 3.05) is 7.05 Å². The maximum absolute atomic E-state index is 12.2. The number of amides is 1. The Labute approximate surface area is 111 Å². The molecule has 1 aromatic rings. The van der Waals surface area contributed by atoms with E-state index in [4.69, 9.17) is 0 Å². The molecule has 0 bridgehead atoms. The summed E-state index contributed by atoms with van der Waals surface area (Å²) in [5, 5.41) is 5.26. The second-order valence-electron chi connectivity index (χ2n) is 4.18. The molecule has 0 spiro atoms. The molecule has 0 atom stereocenters. The van der Waals surface area contributed by atoms with E-state index < -0.39 is 0 Å². The van der Waals surface area contributed by atoms with E-state index in [2.05, 4.69) is 11.7 Å². The number of hydrazone groups is 1. The van der Waals surface area contributed by atoms with Gasteiger partial charge in [-0.05, 0) is 12.5 Å². The highest BCUT2D eigenvalue weighted by molar-refractivity contribution is 6.47. The van der Waals surface area contributed by atoms with Gasteiger partial charge in [-0.25, -0.2) is 5.01 Å². The third kappa shape index (κ3) is 2.12. The number of rotatable bonds is 2. The van der Waals surface area contributed by atoms with E-state index in [-0.39, 0.29) is 5.78 Å². The number of allylic oxidation sites excluding steroid dienone is 3. The highest BCUT2D eigenvalue weighted by Gasteiger charge is 2.29. The minimum Gasteiger partial charge on any atom is -0.289 e. The van der Waals surface area contributed by atoms with Crippen molar-refractivity contribution >= 4 is 23.5 Å². The van der Waals surface area contributed by atoms with Crippen LogP contribution in [0.25, 0.3) is 5.57 Å². The molecule has 4 nitrogen and oxygen atoms in total. The first-order valence-corrected chi connectivity index (χ1v) is 5.87. The Kier molecular flexibility index (Phi) is 3.42. The molecule has 0 saturated heterocycles. The second kappa shape index (κ2) is 5.02. The van der Waals surface area contributed by atoms with E-state index in [1.807, 2.05) is 31.2 Å². The molecule has 19 heavy (non-hydrogen) atoms. The van der Waals surface area contributed by atoms with Gasteiger partial charge in [0.15, 0.2) is 5.78 Å². The van der Waals surface area contributed by atoms with Crippen molar-refractivity contribution in [1.29, 1.82) is 0 Å². The molecule has 96 valence electrons. The summed E-state index contributed by atoms with van der Waals surface area (Å²) in [6.45, 7) is 5.66. The lowest BCUT2D eigenvalue weighted by Crippen LogP contribution is -2.24. The number of nitrogens with zero attached hydrogens (tertiary/aromatic N) is 2. The summed E-state index contributed by atoms with van der Waals surface area (Å²) in [6, 6.07) is 7.32. The van der Waals surface area contributed by atoms with Gasteiger partial charge in [-0.3, -0.25) is 9.59 Å². The Bertz CT molecular complexity index is 627. The Balaban J connectivity index is 2.67. The van der Waals surface area contributed by atoms with E-state index in [0.29, 0.717) is 23.3 Å². The third-order valence-corrected chi connectivity index (χ3v) is 2.98. The molecule has 4 heteroatoms. The first-order chi connectivity index (χ1) is 9.10. The van der Waals surface area contributed by atoms with Gasteiger partial charge in [-0.1, -0.05) is 36.9 Å². The van der Waals surface area contributed by atoms with Crippen LogP contribution in [-0.2, 0) is 4.79 Å². The molecule has 0 unspecified atom stereocenters. The predicted molar refractivity (Wildman–Crippen MR) is 74.8 cm³/mol. The maximum atomic E-state index is 12.2. The number of hydrogen-bond acceptors (Lipinski definition) is 3. The summed E-state index contributed by atoms with van der Waals surface area (Å²) in [4.78, 5) is 22.9. The minimum absolute atomic E-state index is 0.153. The number of benzene rings is 1. The summed E-state index contributed by atoms with van der Waals surface area (Å²) < 4.78 is 0. The van der Waals surface area contributed by atoms with Crippen LogP contribution >= 0.6 is 0 Å². The van der Waals surface area contributed by atoms with E-state index in [0.717, 1.165) is 16.1 Å². The standard InChI is InChI=1S/C15H14N2O2/c1-4-11-12-7-5-6-8-13(12)15(19)10(2)14(11)16-17(3)9-18/h4-9H,2H2,1,3H3/b11-4-,16-14-. The lowest BCUT2D eigenvalue weighted by atomic mass is 9.82. The van der Waals surface area contributed by atoms with Gasteiger partial charge < -0.3 is 0 Å². The fourth-order valence-corrected chi connectivity index (χ4v) is 2.06. The SMILES string of the molecule is C=C1C(=O)c2ccccc2C(=C/C)/C1=N\N(C)C=O. The Morgan fingerprint density at radius 1 is 1.26 bits per heavy atom. The van der Waals surface area contributed by atoms with Crippen LogP contribution in [-0.4, -0.2) is 30.0 Å². The number of hydrogen-bond donors (Lipinski definition) is 0. The first-order valence-electron chi connectivity index (χ1n) is 5.87. The van der Waals surface area contributed by atoms with Gasteiger partial charge >= 0.3 is 0 Å². The number of Topliss-reactive ketones (excluding diaryl/α,β-unsaturated/α-hetero) is 1. The lowest BCUT2D eigenvalue weighted by molar-refractivity contribution is -0.117. The lowest BCUT2D eigenvalue weighted by Gasteiger charge is -2.22. The van der Waals surface area contributed by atoms with E-state index in [1.54, 1.807) is 6.07 Å². The molecule has 0 heterocycles. The molecular formula is C15H14N2O2. The Morgan fingerprint density at radius 2 is 1.89 bits per heavy atom. The van der Waals surface area contributed by atoms with Crippen molar-refractivity contribution in [2.24, 2.45) is 5.10 Å². The van der Waals surface area contributed by atoms with Crippen LogP contribution < -0.4 is 0 Å². The van der Waals surface area contributed by atoms with Crippen molar-refractivity contribution in [3.05, 3.63) is 53.6 Å². The van der Waals surface area contributed by atoms with Gasteiger partial charge in [-0.2, -0.15) is 5.10 Å². The zero-order valence-electron chi connectivity index (χ0n) is 10.9. The van der Waals surface area contributed by atoms with E-state index in [1.165, 1.54) is 7.05 Å². The quantitative estimate of drug-likeness (QED) is 0.462. The monoisotopic (exact) mass is 254 g/mol. The third-order valence-electron chi connectivity index (χ3n) is 2.98. The van der Waals surface area contributed by atoms with Crippen molar-refractivity contribution < 1.29 is 9.59 Å². The van der Waals surface area contributed by atoms with Gasteiger partial charge in [0.05, 0.1) is 0 Å². The summed E-state index contributed by atoms with van der Waals surface area (Å²) in [5.74, 6) is -0.153. The maximum Gasteiger partial charge on any atom is 0.229 e. The van der Waals surface area contributed by atoms with Gasteiger partial charge in [0.2, 0.25) is 6.41 Å². The summed E-state index contributed by atoms with van der Waals surface area (Å²) in [7, 11) is 1.52. The van der Waals surface area contributed by atoms with Crippen LogP contribution in [0.2, 0.25) is 0 Å². The number of carbonyl (C=O) groups is 2. The second-order valence-corrected chi connectivity index (χ2v) is 4.18. The molecule has 1 amide bonds. The molecule has 0 saturated carbocycles. The van der Waals surface area contributed by atoms with Gasteiger partial charge in [0.25, 0.3) is 0 Å². The zero-order valence-corrected chi connectivity index (χ0v) is 10.9. The zero-order chi connectivity index (χ0) is 14.0. The van der Waals surface area contributed by atoms with Gasteiger partial charge in [0, 0.05) is 23.8 Å². The number of ketones is 1. The average Bonchev–Trinajstić information content (AvgIpc) is 2.44. The van der Waals surface area contributed by atoms with Crippen LogP contribution in [0, 0.1) is 0 Å². The van der Waals surface area contributed by atoms with Crippen molar-refractivity contribution in [3.8, 4) is 0 Å². The highest BCUT2D eigenvalue weighted by Crippen LogP contribution is 2.31. The highest BCUT2D eigenvalue weighted by atomic mass is 16.1. The molecule has 0 aromatic heterocycles. The predicted octanol–water partition coefficient (Wildman–Crippen LogP) is 2.29. The van der Waals surface area contributed by atoms with Crippen molar-refractivity contribution in [3.63, 3.8) is 0 Å². The number of carbonyl (C=O) groups excluding carboxylic acids is 2. The van der Waals surface area contributed by atoms with Crippen molar-refractivity contribution in [1.82, 2.24) is 5.01 Å². The molecule has 0 fully saturated rings. The largest absolute Gasteiger partial charge is 0.289 e. The molecule has 1 aliphatic rings. The number of fused-ring (bicyclic) bond motifs is 1. The molecule has 0 radical (unpaired) electrons. The topological polar surface area (TPSA) is 49.7 Å². The molecule has 1 aliphatic carbocycles. The van der Waals surface area contributed by atoms with Crippen molar-refractivity contribution in [2.45, 2.75) is 6.92 Å². The van der Waals surface area contributed by atoms with Crippen LogP contribution in [0.1, 0.15) is 22.8 Å². The summed E-state index contributed by atoms with van der Waals surface area (Å²) in [5.41, 5.74) is 3.00. The smallest absolute Gasteiger partial charge is 0.229 e. The fourth-order valence-electron chi connectivity index (χ4n) is 2.06. The van der Waals surface area contributed by atoms with E-state index >= 15 is 0 Å². The summed E-state index contributed by atoms with van der Waals surface area (Å²) >= 11 is 0. The van der Waals surface area contributed by atoms with Crippen LogP contribution in [0.3, 0.4) is 0 Å². The fraction of sp³-hybridized carbons (Fsp3) is 0.133. The molecule has 0 aliphatic heterocycles. The average molecular weight is 254 g/mol. The van der Waals surface area contributed by atoms with Gasteiger partial charge in [0.1, 0.15) is 5.71 Å². The first kappa shape index (κ1) is 13.0. The van der Waals surface area contributed by atoms with Crippen LogP contribution in [0.5, 0.6) is 0 Å². The van der Waals surface area contributed by atoms with Crippen LogP contribution in [0.15, 0.2) is 47.6 Å². The normalized spacial score (nSPS) is 18.6. The Hall–Kier alpha value is -2.49. The Morgan fingerprint density at radius 3 is 2.47 bits per heavy atom. The molecule has 2 rings (SSSR count). The molecular weight excluding hydrogens is 240 g/mol. The molecule has 1 aromatic carbocycles. The minimum atomic E-state index is -0.153. The summed E-state index contributed by atoms with van der Waals surface area (Å²) in [6.07, 6.45) is 2.45. The van der Waals surface area contributed by atoms with E-state index in [9.17, 15) is 9.59 Å².